The van der Waals surface area contributed by atoms with Gasteiger partial charge in [-0.3, -0.25) is 4.90 Å². The van der Waals surface area contributed by atoms with Gasteiger partial charge in [-0.2, -0.15) is 0 Å². The Hall–Kier alpha value is -0.0800. The predicted molar refractivity (Wildman–Crippen MR) is 76.4 cm³/mol. The molecule has 0 amide bonds. The summed E-state index contributed by atoms with van der Waals surface area (Å²) in [6.07, 6.45) is 11.6. The van der Waals surface area contributed by atoms with E-state index in [0.29, 0.717) is 5.54 Å². The molecule has 104 valence electrons. The quantitative estimate of drug-likeness (QED) is 0.785. The Morgan fingerprint density at radius 2 is 1.89 bits per heavy atom. The summed E-state index contributed by atoms with van der Waals surface area (Å²) in [4.78, 5) is 2.76. The van der Waals surface area contributed by atoms with Crippen LogP contribution in [0.3, 0.4) is 0 Å². The largest absolute Gasteiger partial charge is 0.329 e. The van der Waals surface area contributed by atoms with Crippen LogP contribution in [0.5, 0.6) is 0 Å². The number of nitrogens with zero attached hydrogens (tertiary/aromatic N) is 1. The van der Waals surface area contributed by atoms with Crippen LogP contribution in [-0.4, -0.2) is 30.1 Å². The van der Waals surface area contributed by atoms with Crippen molar-refractivity contribution in [1.29, 1.82) is 0 Å². The molecule has 2 nitrogen and oxygen atoms in total. The molecular formula is C16H30N2. The SMILES string of the molecule is CCN(CC1CC1)C1(CN)CCCC(C2CC2)C1. The third kappa shape index (κ3) is 2.60. The second-order valence-electron chi connectivity index (χ2n) is 7.10. The fraction of sp³-hybridized carbons (Fsp3) is 1.00. The summed E-state index contributed by atoms with van der Waals surface area (Å²) in [5.41, 5.74) is 6.62. The number of hydrogen-bond donors (Lipinski definition) is 1. The Balaban J connectivity index is 1.69. The fourth-order valence-corrected chi connectivity index (χ4v) is 4.23. The molecule has 2 unspecified atom stereocenters. The van der Waals surface area contributed by atoms with Gasteiger partial charge < -0.3 is 5.73 Å². The highest BCUT2D eigenvalue weighted by Crippen LogP contribution is 2.48. The molecule has 2 atom stereocenters. The van der Waals surface area contributed by atoms with Crippen molar-refractivity contribution in [3.05, 3.63) is 0 Å². The first kappa shape index (κ1) is 12.9. The molecule has 0 aromatic rings. The molecule has 0 aliphatic heterocycles. The van der Waals surface area contributed by atoms with Crippen molar-refractivity contribution in [2.75, 3.05) is 19.6 Å². The van der Waals surface area contributed by atoms with E-state index in [-0.39, 0.29) is 0 Å². The monoisotopic (exact) mass is 250 g/mol. The number of rotatable bonds is 6. The van der Waals surface area contributed by atoms with Crippen LogP contribution in [-0.2, 0) is 0 Å². The first-order valence-corrected chi connectivity index (χ1v) is 8.22. The fourth-order valence-electron chi connectivity index (χ4n) is 4.23. The minimum Gasteiger partial charge on any atom is -0.329 e. The average Bonchev–Trinajstić information content (AvgIpc) is 3.29. The molecule has 3 aliphatic rings. The highest BCUT2D eigenvalue weighted by molar-refractivity contribution is 5.00. The van der Waals surface area contributed by atoms with Crippen molar-refractivity contribution in [2.24, 2.45) is 23.5 Å². The molecule has 0 aromatic carbocycles. The summed E-state index contributed by atoms with van der Waals surface area (Å²) in [6, 6.07) is 0. The van der Waals surface area contributed by atoms with Gasteiger partial charge in [0.15, 0.2) is 0 Å². The van der Waals surface area contributed by atoms with Crippen LogP contribution in [0, 0.1) is 17.8 Å². The summed E-state index contributed by atoms with van der Waals surface area (Å²) >= 11 is 0. The van der Waals surface area contributed by atoms with Crippen molar-refractivity contribution < 1.29 is 0 Å². The highest BCUT2D eigenvalue weighted by atomic mass is 15.2. The van der Waals surface area contributed by atoms with Crippen LogP contribution < -0.4 is 5.73 Å². The Morgan fingerprint density at radius 3 is 2.44 bits per heavy atom. The van der Waals surface area contributed by atoms with Crippen LogP contribution in [0.1, 0.15) is 58.3 Å². The van der Waals surface area contributed by atoms with Crippen molar-refractivity contribution in [3.63, 3.8) is 0 Å². The molecule has 0 saturated heterocycles. The minimum absolute atomic E-state index is 0.364. The van der Waals surface area contributed by atoms with Crippen LogP contribution >= 0.6 is 0 Å². The van der Waals surface area contributed by atoms with E-state index < -0.39 is 0 Å². The zero-order chi connectivity index (χ0) is 12.6. The minimum atomic E-state index is 0.364. The van der Waals surface area contributed by atoms with Gasteiger partial charge in [0.25, 0.3) is 0 Å². The van der Waals surface area contributed by atoms with Crippen molar-refractivity contribution >= 4 is 0 Å². The summed E-state index contributed by atoms with van der Waals surface area (Å²) in [7, 11) is 0. The topological polar surface area (TPSA) is 29.3 Å². The van der Waals surface area contributed by atoms with Gasteiger partial charge in [0.2, 0.25) is 0 Å². The van der Waals surface area contributed by atoms with Crippen LogP contribution in [0.25, 0.3) is 0 Å². The van der Waals surface area contributed by atoms with Crippen molar-refractivity contribution in [3.8, 4) is 0 Å². The Kier molecular flexibility index (Phi) is 3.68. The third-order valence-electron chi connectivity index (χ3n) is 5.76. The lowest BCUT2D eigenvalue weighted by atomic mass is 9.72. The maximum atomic E-state index is 6.25. The Bertz CT molecular complexity index is 283. The summed E-state index contributed by atoms with van der Waals surface area (Å²) in [6.45, 7) is 5.74. The molecular weight excluding hydrogens is 220 g/mol. The van der Waals surface area contributed by atoms with Crippen LogP contribution in [0.4, 0.5) is 0 Å². The number of hydrogen-bond acceptors (Lipinski definition) is 2. The molecule has 0 bridgehead atoms. The maximum Gasteiger partial charge on any atom is 0.0334 e. The van der Waals surface area contributed by atoms with Gasteiger partial charge in [0, 0.05) is 18.6 Å². The van der Waals surface area contributed by atoms with Gasteiger partial charge in [-0.1, -0.05) is 19.8 Å². The van der Waals surface area contributed by atoms with E-state index in [4.69, 9.17) is 5.73 Å². The van der Waals surface area contributed by atoms with E-state index in [1.807, 2.05) is 0 Å². The molecule has 3 saturated carbocycles. The number of nitrogens with two attached hydrogens (primary N) is 1. The second kappa shape index (κ2) is 5.13. The molecule has 2 heteroatoms. The summed E-state index contributed by atoms with van der Waals surface area (Å²) in [5.74, 6) is 3.06. The lowest BCUT2D eigenvalue weighted by molar-refractivity contribution is 0.0312. The van der Waals surface area contributed by atoms with Crippen molar-refractivity contribution in [1.82, 2.24) is 4.90 Å². The normalized spacial score (nSPS) is 37.2. The van der Waals surface area contributed by atoms with Gasteiger partial charge in [-0.05, 0) is 62.8 Å². The van der Waals surface area contributed by atoms with E-state index in [0.717, 1.165) is 24.3 Å². The van der Waals surface area contributed by atoms with E-state index in [1.165, 1.54) is 64.5 Å². The molecule has 0 aromatic heterocycles. The van der Waals surface area contributed by atoms with E-state index in [2.05, 4.69) is 11.8 Å². The third-order valence-corrected chi connectivity index (χ3v) is 5.76. The molecule has 2 N–H and O–H groups in total. The molecule has 18 heavy (non-hydrogen) atoms. The molecule has 3 aliphatic carbocycles. The zero-order valence-electron chi connectivity index (χ0n) is 12.0. The summed E-state index contributed by atoms with van der Waals surface area (Å²) < 4.78 is 0. The second-order valence-corrected chi connectivity index (χ2v) is 7.10. The van der Waals surface area contributed by atoms with Gasteiger partial charge in [-0.25, -0.2) is 0 Å². The summed E-state index contributed by atoms with van der Waals surface area (Å²) in [5, 5.41) is 0. The first-order chi connectivity index (χ1) is 8.77. The molecule has 0 spiro atoms. The average molecular weight is 250 g/mol. The molecule has 3 fully saturated rings. The van der Waals surface area contributed by atoms with Crippen LogP contribution in [0.2, 0.25) is 0 Å². The van der Waals surface area contributed by atoms with Gasteiger partial charge in [0.05, 0.1) is 0 Å². The molecule has 3 rings (SSSR count). The lowest BCUT2D eigenvalue weighted by Crippen LogP contribution is -2.57. The highest BCUT2D eigenvalue weighted by Gasteiger charge is 2.44. The van der Waals surface area contributed by atoms with E-state index in [1.54, 1.807) is 0 Å². The van der Waals surface area contributed by atoms with Gasteiger partial charge >= 0.3 is 0 Å². The van der Waals surface area contributed by atoms with E-state index >= 15 is 0 Å². The molecule has 0 heterocycles. The van der Waals surface area contributed by atoms with E-state index in [9.17, 15) is 0 Å². The van der Waals surface area contributed by atoms with Gasteiger partial charge in [-0.15, -0.1) is 0 Å². The number of likely N-dealkylation sites (N-methyl/N-ethyl adjacent to an activating group) is 1. The zero-order valence-corrected chi connectivity index (χ0v) is 12.0. The first-order valence-electron chi connectivity index (χ1n) is 8.22. The standard InChI is InChI=1S/C16H30N2/c1-2-18(11-13-5-6-13)16(12-17)9-3-4-15(10-16)14-7-8-14/h13-15H,2-12,17H2,1H3. The maximum absolute atomic E-state index is 6.25. The lowest BCUT2D eigenvalue weighted by Gasteiger charge is -2.48. The van der Waals surface area contributed by atoms with Crippen LogP contribution in [0.15, 0.2) is 0 Å². The smallest absolute Gasteiger partial charge is 0.0334 e. The Morgan fingerprint density at radius 1 is 1.11 bits per heavy atom. The molecule has 0 radical (unpaired) electrons. The van der Waals surface area contributed by atoms with Gasteiger partial charge in [0.1, 0.15) is 0 Å². The Labute approximate surface area is 112 Å². The predicted octanol–water partition coefficient (Wildman–Crippen LogP) is 3.02. The van der Waals surface area contributed by atoms with Crippen molar-refractivity contribution in [2.45, 2.75) is 63.8 Å².